The lowest BCUT2D eigenvalue weighted by atomic mass is 10.2. The van der Waals surface area contributed by atoms with Crippen molar-refractivity contribution in [1.29, 1.82) is 0 Å². The number of carbonyl (C=O) groups is 1. The lowest BCUT2D eigenvalue weighted by molar-refractivity contribution is 0.0631. The first-order valence-electron chi connectivity index (χ1n) is 9.46. The molecule has 1 aliphatic rings. The molecule has 0 saturated carbocycles. The molecule has 29 heavy (non-hydrogen) atoms. The Hall–Kier alpha value is -2.41. The van der Waals surface area contributed by atoms with Crippen molar-refractivity contribution in [3.8, 4) is 17.1 Å². The molecule has 0 atom stereocenters. The van der Waals surface area contributed by atoms with Crippen LogP contribution in [0.3, 0.4) is 0 Å². The minimum atomic E-state index is -0.131. The molecular formula is C21H23Cl2N5O. The van der Waals surface area contributed by atoms with Crippen LogP contribution in [-0.4, -0.2) is 63.2 Å². The van der Waals surface area contributed by atoms with Gasteiger partial charge in [-0.1, -0.05) is 54.9 Å². The van der Waals surface area contributed by atoms with E-state index >= 15 is 0 Å². The Morgan fingerprint density at radius 3 is 2.41 bits per heavy atom. The Bertz CT molecular complexity index is 968. The minimum absolute atomic E-state index is 0. The number of halogens is 2. The number of aromatic nitrogens is 3. The van der Waals surface area contributed by atoms with Crippen molar-refractivity contribution in [2.75, 3.05) is 32.7 Å². The summed E-state index contributed by atoms with van der Waals surface area (Å²) in [6.07, 6.45) is 0. The van der Waals surface area contributed by atoms with E-state index < -0.39 is 0 Å². The molecule has 0 radical (unpaired) electrons. The molecule has 1 fully saturated rings. The lowest BCUT2D eigenvalue weighted by Crippen LogP contribution is -2.48. The number of benzene rings is 2. The van der Waals surface area contributed by atoms with Crippen LogP contribution in [-0.2, 0) is 0 Å². The normalized spacial score (nSPS) is 14.5. The van der Waals surface area contributed by atoms with Gasteiger partial charge in [0.2, 0.25) is 5.82 Å². The monoisotopic (exact) mass is 431 g/mol. The molecule has 0 bridgehead atoms. The molecule has 0 unspecified atom stereocenters. The topological polar surface area (TPSA) is 54.3 Å². The highest BCUT2D eigenvalue weighted by Gasteiger charge is 2.26. The number of carbonyl (C=O) groups excluding carboxylic acids is 1. The molecule has 6 nitrogen and oxygen atoms in total. The van der Waals surface area contributed by atoms with Gasteiger partial charge in [-0.25, -0.2) is 9.67 Å². The van der Waals surface area contributed by atoms with Gasteiger partial charge in [0.25, 0.3) is 5.91 Å². The number of hydrogen-bond donors (Lipinski definition) is 0. The second-order valence-corrected chi connectivity index (χ2v) is 7.18. The summed E-state index contributed by atoms with van der Waals surface area (Å²) < 4.78 is 1.69. The number of rotatable bonds is 4. The van der Waals surface area contributed by atoms with Crippen LogP contribution in [0, 0.1) is 0 Å². The number of amides is 1. The Morgan fingerprint density at radius 2 is 1.76 bits per heavy atom. The Morgan fingerprint density at radius 1 is 1.03 bits per heavy atom. The fourth-order valence-corrected chi connectivity index (χ4v) is 3.56. The molecule has 4 rings (SSSR count). The predicted molar refractivity (Wildman–Crippen MR) is 117 cm³/mol. The standard InChI is InChI=1S/C21H22ClN5O.ClH/c1-2-25-11-13-26(14-12-25)21(28)19-23-20(16-7-4-3-5-8-16)27(24-19)18-10-6-9-17(22)15-18;/h3-10,15H,2,11-14H2,1H3;1H. The van der Waals surface area contributed by atoms with Gasteiger partial charge in [-0.15, -0.1) is 17.5 Å². The Kier molecular flexibility index (Phi) is 6.90. The first kappa shape index (κ1) is 21.3. The van der Waals surface area contributed by atoms with Crippen molar-refractivity contribution in [2.24, 2.45) is 0 Å². The third kappa shape index (κ3) is 4.61. The number of likely N-dealkylation sites (N-methyl/N-ethyl adjacent to an activating group) is 1. The SMILES string of the molecule is CCN1CCN(C(=O)c2nc(-c3ccccc3)n(-c3cccc(Cl)c3)n2)CC1.Cl. The van der Waals surface area contributed by atoms with Crippen LogP contribution < -0.4 is 0 Å². The molecule has 2 heterocycles. The number of piperazine rings is 1. The van der Waals surface area contributed by atoms with Crippen LogP contribution in [0.25, 0.3) is 17.1 Å². The van der Waals surface area contributed by atoms with Crippen molar-refractivity contribution < 1.29 is 4.79 Å². The summed E-state index contributed by atoms with van der Waals surface area (Å²) in [6.45, 7) is 6.28. The smallest absolute Gasteiger partial charge is 0.293 e. The third-order valence-electron chi connectivity index (χ3n) is 4.99. The Labute approximate surface area is 181 Å². The van der Waals surface area contributed by atoms with Gasteiger partial charge in [-0.3, -0.25) is 4.79 Å². The highest BCUT2D eigenvalue weighted by Crippen LogP contribution is 2.23. The average Bonchev–Trinajstić information content (AvgIpc) is 3.19. The summed E-state index contributed by atoms with van der Waals surface area (Å²) in [6, 6.07) is 17.1. The predicted octanol–water partition coefficient (Wildman–Crippen LogP) is 3.79. The summed E-state index contributed by atoms with van der Waals surface area (Å²) >= 11 is 6.17. The summed E-state index contributed by atoms with van der Waals surface area (Å²) in [7, 11) is 0. The van der Waals surface area contributed by atoms with E-state index in [1.54, 1.807) is 4.68 Å². The summed E-state index contributed by atoms with van der Waals surface area (Å²) in [5.74, 6) is 0.705. The molecule has 1 amide bonds. The van der Waals surface area contributed by atoms with Crippen molar-refractivity contribution in [3.05, 3.63) is 65.4 Å². The van der Waals surface area contributed by atoms with E-state index in [4.69, 9.17) is 11.6 Å². The first-order valence-corrected chi connectivity index (χ1v) is 9.83. The van der Waals surface area contributed by atoms with Gasteiger partial charge in [0.15, 0.2) is 5.82 Å². The van der Waals surface area contributed by atoms with Gasteiger partial charge in [0.05, 0.1) is 5.69 Å². The third-order valence-corrected chi connectivity index (χ3v) is 5.23. The Balaban J connectivity index is 0.00000240. The molecule has 3 aromatic rings. The quantitative estimate of drug-likeness (QED) is 0.630. The maximum Gasteiger partial charge on any atom is 0.293 e. The molecule has 2 aromatic carbocycles. The van der Waals surface area contributed by atoms with E-state index in [2.05, 4.69) is 21.9 Å². The van der Waals surface area contributed by atoms with Gasteiger partial charge in [-0.2, -0.15) is 0 Å². The summed E-state index contributed by atoms with van der Waals surface area (Å²) in [5.41, 5.74) is 1.67. The van der Waals surface area contributed by atoms with Crippen molar-refractivity contribution in [1.82, 2.24) is 24.6 Å². The zero-order valence-corrected chi connectivity index (χ0v) is 17.7. The highest BCUT2D eigenvalue weighted by molar-refractivity contribution is 6.30. The first-order chi connectivity index (χ1) is 13.7. The van der Waals surface area contributed by atoms with Crippen LogP contribution in [0.5, 0.6) is 0 Å². The molecule has 1 aromatic heterocycles. The molecule has 1 saturated heterocycles. The van der Waals surface area contributed by atoms with Gasteiger partial charge in [0.1, 0.15) is 0 Å². The van der Waals surface area contributed by atoms with Gasteiger partial charge in [-0.05, 0) is 24.7 Å². The lowest BCUT2D eigenvalue weighted by Gasteiger charge is -2.33. The van der Waals surface area contributed by atoms with E-state index in [9.17, 15) is 4.79 Å². The van der Waals surface area contributed by atoms with Gasteiger partial charge < -0.3 is 9.80 Å². The molecule has 152 valence electrons. The maximum absolute atomic E-state index is 13.0. The second kappa shape index (κ2) is 9.39. The zero-order chi connectivity index (χ0) is 19.5. The van der Waals surface area contributed by atoms with Crippen LogP contribution in [0.15, 0.2) is 54.6 Å². The zero-order valence-electron chi connectivity index (χ0n) is 16.2. The van der Waals surface area contributed by atoms with E-state index in [0.717, 1.165) is 30.9 Å². The van der Waals surface area contributed by atoms with E-state index in [1.165, 1.54) is 0 Å². The summed E-state index contributed by atoms with van der Waals surface area (Å²) in [4.78, 5) is 21.8. The molecule has 0 aliphatic carbocycles. The number of hydrogen-bond acceptors (Lipinski definition) is 4. The van der Waals surface area contributed by atoms with Crippen LogP contribution >= 0.6 is 24.0 Å². The van der Waals surface area contributed by atoms with E-state index in [0.29, 0.717) is 23.9 Å². The van der Waals surface area contributed by atoms with E-state index in [-0.39, 0.29) is 24.1 Å². The molecular weight excluding hydrogens is 409 g/mol. The van der Waals surface area contributed by atoms with Crippen LogP contribution in [0.1, 0.15) is 17.5 Å². The van der Waals surface area contributed by atoms with Crippen molar-refractivity contribution in [2.45, 2.75) is 6.92 Å². The fourth-order valence-electron chi connectivity index (χ4n) is 3.37. The van der Waals surface area contributed by atoms with Crippen LogP contribution in [0.4, 0.5) is 0 Å². The van der Waals surface area contributed by atoms with Crippen molar-refractivity contribution in [3.63, 3.8) is 0 Å². The van der Waals surface area contributed by atoms with E-state index in [1.807, 2.05) is 59.5 Å². The molecule has 0 N–H and O–H groups in total. The highest BCUT2D eigenvalue weighted by atomic mass is 35.5. The molecule has 8 heteroatoms. The van der Waals surface area contributed by atoms with Gasteiger partial charge >= 0.3 is 0 Å². The van der Waals surface area contributed by atoms with Crippen molar-refractivity contribution >= 4 is 29.9 Å². The average molecular weight is 432 g/mol. The largest absolute Gasteiger partial charge is 0.333 e. The second-order valence-electron chi connectivity index (χ2n) is 6.74. The maximum atomic E-state index is 13.0. The van der Waals surface area contributed by atoms with Crippen LogP contribution in [0.2, 0.25) is 5.02 Å². The molecule has 1 aliphatic heterocycles. The molecule has 0 spiro atoms. The summed E-state index contributed by atoms with van der Waals surface area (Å²) in [5, 5.41) is 5.16. The van der Waals surface area contributed by atoms with Gasteiger partial charge in [0, 0.05) is 36.8 Å². The fraction of sp³-hybridized carbons (Fsp3) is 0.286. The minimum Gasteiger partial charge on any atom is -0.333 e. The number of nitrogens with zero attached hydrogens (tertiary/aromatic N) is 5.